The molecule has 0 aliphatic carbocycles. The van der Waals surface area contributed by atoms with Gasteiger partial charge in [-0.05, 0) is 49.3 Å². The highest BCUT2D eigenvalue weighted by Crippen LogP contribution is 2.65. The summed E-state index contributed by atoms with van der Waals surface area (Å²) in [6, 6.07) is 17.2. The topological polar surface area (TPSA) is 108 Å². The second-order valence-electron chi connectivity index (χ2n) is 12.0. The summed E-state index contributed by atoms with van der Waals surface area (Å²) in [6.07, 6.45) is 1.01. The lowest BCUT2D eigenvalue weighted by atomic mass is 9.62. The molecule has 8 nitrogen and oxygen atoms in total. The fourth-order valence-corrected chi connectivity index (χ4v) is 7.21. The van der Waals surface area contributed by atoms with Crippen LogP contribution in [-0.2, 0) is 25.7 Å². The van der Waals surface area contributed by atoms with Crippen LogP contribution in [0.1, 0.15) is 46.1 Å². The first-order valence-electron chi connectivity index (χ1n) is 13.9. The number of hydrogen-bond donors (Lipinski definition) is 3. The molecule has 3 aliphatic rings. The summed E-state index contributed by atoms with van der Waals surface area (Å²) in [5.74, 6) is -2.37. The van der Waals surface area contributed by atoms with Crippen molar-refractivity contribution in [1.29, 1.82) is 0 Å². The number of rotatable bonds is 9. The number of likely N-dealkylation sites (tertiary alicyclic amines) is 1. The maximum atomic E-state index is 14.3. The first-order valence-corrected chi connectivity index (χ1v) is 13.9. The summed E-state index contributed by atoms with van der Waals surface area (Å²) in [6.45, 7) is 7.99. The molecule has 3 N–H and O–H groups in total. The number of nitrogens with zero attached hydrogens (tertiary/aromatic N) is 1. The molecule has 2 aromatic carbocycles. The van der Waals surface area contributed by atoms with Crippen molar-refractivity contribution < 1.29 is 24.2 Å². The van der Waals surface area contributed by atoms with E-state index in [9.17, 15) is 19.5 Å². The van der Waals surface area contributed by atoms with E-state index in [1.807, 2.05) is 76.2 Å². The molecular formula is C31H39N3O5. The van der Waals surface area contributed by atoms with Crippen molar-refractivity contribution in [2.45, 2.75) is 70.4 Å². The third kappa shape index (κ3) is 4.53. The molecule has 5 rings (SSSR count). The second-order valence-corrected chi connectivity index (χ2v) is 12.0. The summed E-state index contributed by atoms with van der Waals surface area (Å²) < 4.78 is 6.78. The Morgan fingerprint density at radius 2 is 1.72 bits per heavy atom. The molecular weight excluding hydrogens is 494 g/mol. The van der Waals surface area contributed by atoms with Crippen LogP contribution in [0, 0.1) is 23.7 Å². The predicted octanol–water partition coefficient (Wildman–Crippen LogP) is 3.36. The number of anilines is 1. The van der Waals surface area contributed by atoms with Crippen molar-refractivity contribution >= 4 is 23.4 Å². The molecule has 3 unspecified atom stereocenters. The molecule has 2 bridgehead atoms. The van der Waals surface area contributed by atoms with Gasteiger partial charge in [-0.25, -0.2) is 0 Å². The van der Waals surface area contributed by atoms with Crippen LogP contribution >= 0.6 is 0 Å². The SMILES string of the molecule is CC(C)C[C@H](CO)N1C(=O)[C@@H]2[C@H](C(=O)Nc3ccccc3)[C@@]3(C)OC2(CC3C)C1C(=O)NCc1ccccc1. The van der Waals surface area contributed by atoms with Gasteiger partial charge in [-0.15, -0.1) is 0 Å². The minimum atomic E-state index is -1.16. The molecule has 2 aromatic rings. The zero-order chi connectivity index (χ0) is 27.9. The van der Waals surface area contributed by atoms with Crippen LogP contribution in [0.5, 0.6) is 0 Å². The number of aliphatic hydroxyl groups excluding tert-OH is 1. The number of carbonyl (C=O) groups excluding carboxylic acids is 3. The Hall–Kier alpha value is -3.23. The van der Waals surface area contributed by atoms with E-state index in [-0.39, 0.29) is 36.2 Å². The molecule has 8 heteroatoms. The maximum Gasteiger partial charge on any atom is 0.246 e. The van der Waals surface area contributed by atoms with Crippen molar-refractivity contribution in [3.05, 3.63) is 66.2 Å². The van der Waals surface area contributed by atoms with E-state index >= 15 is 0 Å². The Bertz CT molecular complexity index is 1220. The number of para-hydroxylation sites is 1. The molecule has 3 aliphatic heterocycles. The van der Waals surface area contributed by atoms with Gasteiger partial charge in [-0.3, -0.25) is 14.4 Å². The largest absolute Gasteiger partial charge is 0.394 e. The van der Waals surface area contributed by atoms with Crippen LogP contribution in [0.3, 0.4) is 0 Å². The van der Waals surface area contributed by atoms with Gasteiger partial charge in [-0.1, -0.05) is 69.3 Å². The zero-order valence-electron chi connectivity index (χ0n) is 23.1. The fraction of sp³-hybridized carbons (Fsp3) is 0.516. The van der Waals surface area contributed by atoms with Crippen molar-refractivity contribution in [2.24, 2.45) is 23.7 Å². The van der Waals surface area contributed by atoms with Crippen LogP contribution in [0.25, 0.3) is 0 Å². The Kier molecular flexibility index (Phi) is 7.29. The van der Waals surface area contributed by atoms with Crippen LogP contribution in [-0.4, -0.2) is 57.6 Å². The molecule has 0 radical (unpaired) electrons. The number of amides is 3. The van der Waals surface area contributed by atoms with E-state index < -0.39 is 35.1 Å². The van der Waals surface area contributed by atoms with Gasteiger partial charge in [0.2, 0.25) is 17.7 Å². The van der Waals surface area contributed by atoms with E-state index in [0.717, 1.165) is 5.56 Å². The van der Waals surface area contributed by atoms with Crippen molar-refractivity contribution in [2.75, 3.05) is 11.9 Å². The Morgan fingerprint density at radius 1 is 1.08 bits per heavy atom. The molecule has 3 heterocycles. The highest BCUT2D eigenvalue weighted by molar-refractivity contribution is 6.02. The van der Waals surface area contributed by atoms with Gasteiger partial charge >= 0.3 is 0 Å². The molecule has 3 fully saturated rings. The standard InChI is InChI=1S/C31H39N3O5/c1-19(2)15-23(18-35)34-26(28(37)32-17-21-11-7-5-8-12-21)31-16-20(3)30(4,39-31)24(25(31)29(34)38)27(36)33-22-13-9-6-10-14-22/h5-14,19-20,23-26,35H,15-18H2,1-4H3,(H,32,37)(H,33,36)/t20?,23-,24-,25+,26?,30+,31?/m1/s1. The minimum absolute atomic E-state index is 0.0601. The Balaban J connectivity index is 1.53. The Morgan fingerprint density at radius 3 is 2.33 bits per heavy atom. The van der Waals surface area contributed by atoms with Gasteiger partial charge in [0.25, 0.3) is 0 Å². The van der Waals surface area contributed by atoms with Gasteiger partial charge in [0.15, 0.2) is 0 Å². The molecule has 0 saturated carbocycles. The first kappa shape index (κ1) is 27.3. The summed E-state index contributed by atoms with van der Waals surface area (Å²) in [5.41, 5.74) is -0.484. The molecule has 7 atom stereocenters. The van der Waals surface area contributed by atoms with E-state index in [1.54, 1.807) is 17.0 Å². The van der Waals surface area contributed by atoms with E-state index in [0.29, 0.717) is 25.1 Å². The first-order chi connectivity index (χ1) is 18.6. The lowest BCUT2D eigenvalue weighted by Crippen LogP contribution is -2.58. The number of carbonyl (C=O) groups is 3. The molecule has 3 saturated heterocycles. The van der Waals surface area contributed by atoms with Crippen molar-refractivity contribution in [1.82, 2.24) is 10.2 Å². The van der Waals surface area contributed by atoms with Crippen molar-refractivity contribution in [3.8, 4) is 0 Å². The van der Waals surface area contributed by atoms with Crippen LogP contribution in [0.15, 0.2) is 60.7 Å². The maximum absolute atomic E-state index is 14.3. The third-order valence-corrected chi connectivity index (χ3v) is 8.98. The third-order valence-electron chi connectivity index (χ3n) is 8.98. The highest BCUT2D eigenvalue weighted by Gasteiger charge is 2.80. The summed E-state index contributed by atoms with van der Waals surface area (Å²) in [7, 11) is 0. The molecule has 3 amide bonds. The summed E-state index contributed by atoms with van der Waals surface area (Å²) in [5, 5.41) is 16.4. The van der Waals surface area contributed by atoms with Gasteiger partial charge in [0.05, 0.1) is 30.1 Å². The average molecular weight is 534 g/mol. The normalized spacial score (nSPS) is 31.8. The van der Waals surface area contributed by atoms with Gasteiger partial charge in [-0.2, -0.15) is 0 Å². The second kappa shape index (κ2) is 10.4. The smallest absolute Gasteiger partial charge is 0.246 e. The van der Waals surface area contributed by atoms with Gasteiger partial charge < -0.3 is 25.4 Å². The van der Waals surface area contributed by atoms with Crippen LogP contribution in [0.2, 0.25) is 0 Å². The lowest BCUT2D eigenvalue weighted by molar-refractivity contribution is -0.150. The monoisotopic (exact) mass is 533 g/mol. The molecule has 0 aromatic heterocycles. The quantitative estimate of drug-likeness (QED) is 0.458. The lowest BCUT2D eigenvalue weighted by Gasteiger charge is -2.37. The number of aliphatic hydroxyl groups is 1. The predicted molar refractivity (Wildman–Crippen MR) is 147 cm³/mol. The fourth-order valence-electron chi connectivity index (χ4n) is 7.21. The number of nitrogens with one attached hydrogen (secondary N) is 2. The minimum Gasteiger partial charge on any atom is -0.394 e. The average Bonchev–Trinajstić information content (AvgIpc) is 3.43. The van der Waals surface area contributed by atoms with E-state index in [4.69, 9.17) is 4.74 Å². The highest BCUT2D eigenvalue weighted by atomic mass is 16.5. The van der Waals surface area contributed by atoms with Gasteiger partial charge in [0.1, 0.15) is 11.6 Å². The zero-order valence-corrected chi connectivity index (χ0v) is 23.1. The number of fused-ring (bicyclic) bond motifs is 1. The summed E-state index contributed by atoms with van der Waals surface area (Å²) >= 11 is 0. The van der Waals surface area contributed by atoms with E-state index in [2.05, 4.69) is 10.6 Å². The molecule has 39 heavy (non-hydrogen) atoms. The van der Waals surface area contributed by atoms with Crippen LogP contribution in [0.4, 0.5) is 5.69 Å². The molecule has 1 spiro atoms. The number of benzene rings is 2. The van der Waals surface area contributed by atoms with Crippen molar-refractivity contribution in [3.63, 3.8) is 0 Å². The molecule has 208 valence electrons. The number of ether oxygens (including phenoxy) is 1. The van der Waals surface area contributed by atoms with E-state index in [1.165, 1.54) is 0 Å². The number of hydrogen-bond acceptors (Lipinski definition) is 5. The summed E-state index contributed by atoms with van der Waals surface area (Å²) in [4.78, 5) is 43.7. The Labute approximate surface area is 230 Å². The van der Waals surface area contributed by atoms with Crippen LogP contribution < -0.4 is 10.6 Å². The van der Waals surface area contributed by atoms with Gasteiger partial charge in [0, 0.05) is 12.2 Å².